The molecule has 3 amide bonds. The maximum absolute atomic E-state index is 12.7. The lowest BCUT2D eigenvalue weighted by Crippen LogP contribution is -2.47. The van der Waals surface area contributed by atoms with E-state index in [2.05, 4.69) is 26.6 Å². The third-order valence-corrected chi connectivity index (χ3v) is 4.72. The standard InChI is InChI=1S/C20H18BrN3O5/c1-12(20(28)24-11-17(25)23-15-4-2-3-5-16(15)24)29-18(26)10-22-19(27)13-6-8-14(21)9-7-13/h2-9,12H,10-11H2,1H3,(H,22,27)(H,23,25). The minimum atomic E-state index is -1.12. The molecule has 1 unspecified atom stereocenters. The molecule has 0 spiro atoms. The number of amides is 3. The number of anilines is 2. The Labute approximate surface area is 175 Å². The fourth-order valence-corrected chi connectivity index (χ4v) is 3.06. The quantitative estimate of drug-likeness (QED) is 0.666. The van der Waals surface area contributed by atoms with E-state index in [0.717, 1.165) is 4.47 Å². The number of nitrogens with zero attached hydrogens (tertiary/aromatic N) is 1. The molecule has 0 bridgehead atoms. The summed E-state index contributed by atoms with van der Waals surface area (Å²) in [5, 5.41) is 5.13. The molecule has 1 aliphatic rings. The first kappa shape index (κ1) is 20.5. The van der Waals surface area contributed by atoms with Gasteiger partial charge >= 0.3 is 5.97 Å². The van der Waals surface area contributed by atoms with Crippen molar-refractivity contribution in [1.82, 2.24) is 5.32 Å². The number of carbonyl (C=O) groups excluding carboxylic acids is 4. The number of ether oxygens (including phenoxy) is 1. The minimum absolute atomic E-state index is 0.169. The lowest BCUT2D eigenvalue weighted by atomic mass is 10.1. The first-order valence-corrected chi connectivity index (χ1v) is 9.58. The molecular weight excluding hydrogens is 442 g/mol. The van der Waals surface area contributed by atoms with E-state index in [-0.39, 0.29) is 19.0 Å². The maximum Gasteiger partial charge on any atom is 0.326 e. The van der Waals surface area contributed by atoms with Gasteiger partial charge in [0.2, 0.25) is 5.91 Å². The van der Waals surface area contributed by atoms with E-state index in [0.29, 0.717) is 16.9 Å². The number of fused-ring (bicyclic) bond motifs is 1. The summed E-state index contributed by atoms with van der Waals surface area (Å²) in [6, 6.07) is 13.5. The van der Waals surface area contributed by atoms with Crippen LogP contribution in [-0.4, -0.2) is 42.9 Å². The second-order valence-corrected chi connectivity index (χ2v) is 7.23. The van der Waals surface area contributed by atoms with Gasteiger partial charge in [0.05, 0.1) is 11.4 Å². The topological polar surface area (TPSA) is 105 Å². The number of esters is 1. The van der Waals surface area contributed by atoms with Gasteiger partial charge in [-0.3, -0.25) is 24.1 Å². The third kappa shape index (κ3) is 5.00. The van der Waals surface area contributed by atoms with E-state index in [1.165, 1.54) is 11.8 Å². The molecule has 2 N–H and O–H groups in total. The smallest absolute Gasteiger partial charge is 0.326 e. The molecule has 2 aromatic carbocycles. The van der Waals surface area contributed by atoms with Crippen LogP contribution < -0.4 is 15.5 Å². The molecule has 9 heteroatoms. The molecule has 0 aliphatic carbocycles. The van der Waals surface area contributed by atoms with E-state index in [1.54, 1.807) is 48.5 Å². The van der Waals surface area contributed by atoms with Crippen LogP contribution in [0, 0.1) is 0 Å². The van der Waals surface area contributed by atoms with Crippen LogP contribution in [0.15, 0.2) is 53.0 Å². The van der Waals surface area contributed by atoms with Crippen molar-refractivity contribution < 1.29 is 23.9 Å². The Kier molecular flexibility index (Phi) is 6.28. The molecule has 0 aromatic heterocycles. The molecule has 8 nitrogen and oxygen atoms in total. The van der Waals surface area contributed by atoms with Gasteiger partial charge in [-0.05, 0) is 43.3 Å². The average Bonchev–Trinajstić information content (AvgIpc) is 2.71. The predicted octanol–water partition coefficient (Wildman–Crippen LogP) is 2.10. The number of hydrogen-bond acceptors (Lipinski definition) is 5. The number of rotatable bonds is 5. The summed E-state index contributed by atoms with van der Waals surface area (Å²) >= 11 is 3.28. The highest BCUT2D eigenvalue weighted by Gasteiger charge is 2.31. The van der Waals surface area contributed by atoms with Gasteiger partial charge in [0, 0.05) is 10.0 Å². The van der Waals surface area contributed by atoms with Gasteiger partial charge in [-0.1, -0.05) is 28.1 Å². The Morgan fingerprint density at radius 3 is 2.59 bits per heavy atom. The normalized spacial score (nSPS) is 13.7. The van der Waals surface area contributed by atoms with Crippen molar-refractivity contribution in [2.75, 3.05) is 23.3 Å². The Bertz CT molecular complexity index is 961. The number of nitrogens with one attached hydrogen (secondary N) is 2. The summed E-state index contributed by atoms with van der Waals surface area (Å²) in [5.74, 6) is -2.06. The zero-order valence-electron chi connectivity index (χ0n) is 15.5. The number of para-hydroxylation sites is 2. The van der Waals surface area contributed by atoms with Crippen LogP contribution in [-0.2, 0) is 19.1 Å². The van der Waals surface area contributed by atoms with Crippen LogP contribution in [0.5, 0.6) is 0 Å². The molecule has 0 saturated carbocycles. The molecule has 29 heavy (non-hydrogen) atoms. The Hall–Kier alpha value is -3.20. The maximum atomic E-state index is 12.7. The van der Waals surface area contributed by atoms with Crippen molar-refractivity contribution in [3.8, 4) is 0 Å². The van der Waals surface area contributed by atoms with Crippen molar-refractivity contribution >= 4 is 51.0 Å². The number of halogens is 1. The predicted molar refractivity (Wildman–Crippen MR) is 109 cm³/mol. The van der Waals surface area contributed by atoms with E-state index in [4.69, 9.17) is 4.74 Å². The van der Waals surface area contributed by atoms with Gasteiger partial charge in [-0.25, -0.2) is 0 Å². The van der Waals surface area contributed by atoms with Gasteiger partial charge in [0.1, 0.15) is 13.1 Å². The summed E-state index contributed by atoms with van der Waals surface area (Å²) in [6.07, 6.45) is -1.12. The Balaban J connectivity index is 1.57. The molecule has 3 rings (SSSR count). The van der Waals surface area contributed by atoms with Crippen LogP contribution in [0.2, 0.25) is 0 Å². The number of carbonyl (C=O) groups is 4. The van der Waals surface area contributed by atoms with Crippen LogP contribution in [0.1, 0.15) is 17.3 Å². The highest BCUT2D eigenvalue weighted by molar-refractivity contribution is 9.10. The SMILES string of the molecule is CC(OC(=O)CNC(=O)c1ccc(Br)cc1)C(=O)N1CC(=O)Nc2ccccc21. The average molecular weight is 460 g/mol. The second-order valence-electron chi connectivity index (χ2n) is 6.31. The molecule has 1 aliphatic heterocycles. The van der Waals surface area contributed by atoms with E-state index >= 15 is 0 Å². The largest absolute Gasteiger partial charge is 0.451 e. The van der Waals surface area contributed by atoms with Crippen molar-refractivity contribution in [2.45, 2.75) is 13.0 Å². The number of benzene rings is 2. The summed E-state index contributed by atoms with van der Waals surface area (Å²) in [6.45, 7) is 0.869. The highest BCUT2D eigenvalue weighted by Crippen LogP contribution is 2.29. The lowest BCUT2D eigenvalue weighted by Gasteiger charge is -2.30. The Morgan fingerprint density at radius 2 is 1.86 bits per heavy atom. The first-order valence-electron chi connectivity index (χ1n) is 8.78. The monoisotopic (exact) mass is 459 g/mol. The summed E-state index contributed by atoms with van der Waals surface area (Å²) in [5.41, 5.74) is 1.43. The zero-order chi connectivity index (χ0) is 21.0. The van der Waals surface area contributed by atoms with Crippen LogP contribution >= 0.6 is 15.9 Å². The van der Waals surface area contributed by atoms with Gasteiger partial charge in [-0.2, -0.15) is 0 Å². The van der Waals surface area contributed by atoms with Gasteiger partial charge in [0.25, 0.3) is 11.8 Å². The summed E-state index contributed by atoms with van der Waals surface area (Å²) in [4.78, 5) is 49.9. The van der Waals surface area contributed by atoms with E-state index in [9.17, 15) is 19.2 Å². The zero-order valence-corrected chi connectivity index (χ0v) is 17.1. The minimum Gasteiger partial charge on any atom is -0.451 e. The molecule has 1 heterocycles. The van der Waals surface area contributed by atoms with Crippen LogP contribution in [0.4, 0.5) is 11.4 Å². The molecule has 0 radical (unpaired) electrons. The number of hydrogen-bond donors (Lipinski definition) is 2. The highest BCUT2D eigenvalue weighted by atomic mass is 79.9. The van der Waals surface area contributed by atoms with Crippen molar-refractivity contribution in [3.63, 3.8) is 0 Å². The Morgan fingerprint density at radius 1 is 1.17 bits per heavy atom. The van der Waals surface area contributed by atoms with Gasteiger partial charge in [0.15, 0.2) is 6.10 Å². The van der Waals surface area contributed by atoms with Crippen LogP contribution in [0.3, 0.4) is 0 Å². The summed E-state index contributed by atoms with van der Waals surface area (Å²) < 4.78 is 5.96. The molecule has 150 valence electrons. The van der Waals surface area contributed by atoms with Crippen molar-refractivity contribution in [3.05, 3.63) is 58.6 Å². The van der Waals surface area contributed by atoms with Crippen molar-refractivity contribution in [2.24, 2.45) is 0 Å². The second kappa shape index (κ2) is 8.87. The summed E-state index contributed by atoms with van der Waals surface area (Å²) in [7, 11) is 0. The van der Waals surface area contributed by atoms with Crippen LogP contribution in [0.25, 0.3) is 0 Å². The molecular formula is C20H18BrN3O5. The third-order valence-electron chi connectivity index (χ3n) is 4.19. The van der Waals surface area contributed by atoms with E-state index in [1.807, 2.05) is 0 Å². The first-order chi connectivity index (χ1) is 13.8. The van der Waals surface area contributed by atoms with Gasteiger partial charge < -0.3 is 15.4 Å². The van der Waals surface area contributed by atoms with Gasteiger partial charge in [-0.15, -0.1) is 0 Å². The fourth-order valence-electron chi connectivity index (χ4n) is 2.79. The lowest BCUT2D eigenvalue weighted by molar-refractivity contribution is -0.152. The molecule has 2 aromatic rings. The fraction of sp³-hybridized carbons (Fsp3) is 0.200. The van der Waals surface area contributed by atoms with E-state index < -0.39 is 23.9 Å². The molecule has 0 saturated heterocycles. The molecule has 0 fully saturated rings. The van der Waals surface area contributed by atoms with Crippen molar-refractivity contribution in [1.29, 1.82) is 0 Å². The molecule has 1 atom stereocenters.